The average Bonchev–Trinajstić information content (AvgIpc) is 3.12. The van der Waals surface area contributed by atoms with E-state index in [1.165, 1.54) is 0 Å². The van der Waals surface area contributed by atoms with Crippen LogP contribution in [0, 0.1) is 0 Å². The van der Waals surface area contributed by atoms with Crippen molar-refractivity contribution in [2.75, 3.05) is 6.61 Å². The predicted octanol–water partition coefficient (Wildman–Crippen LogP) is 3.23. The zero-order valence-electron chi connectivity index (χ0n) is 15.9. The van der Waals surface area contributed by atoms with Gasteiger partial charge in [0.25, 0.3) is 5.56 Å². The van der Waals surface area contributed by atoms with Crippen molar-refractivity contribution in [3.63, 3.8) is 0 Å². The first-order valence-corrected chi connectivity index (χ1v) is 9.34. The molecule has 0 aliphatic rings. The smallest absolute Gasteiger partial charge is 0.262 e. The Kier molecular flexibility index (Phi) is 4.83. The number of fused-ring (bicyclic) bond motifs is 3. The van der Waals surface area contributed by atoms with Crippen LogP contribution in [0.1, 0.15) is 20.3 Å². The van der Waals surface area contributed by atoms with Crippen LogP contribution in [0.2, 0.25) is 0 Å². The summed E-state index contributed by atoms with van der Waals surface area (Å²) in [5.74, 6) is 1.06. The van der Waals surface area contributed by atoms with Crippen LogP contribution in [0.25, 0.3) is 28.1 Å². The van der Waals surface area contributed by atoms with Crippen LogP contribution >= 0.6 is 0 Å². The quantitative estimate of drug-likeness (QED) is 0.521. The Morgan fingerprint density at radius 3 is 2.61 bits per heavy atom. The lowest BCUT2D eigenvalue weighted by atomic mass is 10.2. The van der Waals surface area contributed by atoms with Gasteiger partial charge in [-0.2, -0.15) is 0 Å². The molecule has 7 nitrogen and oxygen atoms in total. The summed E-state index contributed by atoms with van der Waals surface area (Å²) in [6.07, 6.45) is 0.833. The van der Waals surface area contributed by atoms with Gasteiger partial charge in [0.2, 0.25) is 5.78 Å². The second-order valence-corrected chi connectivity index (χ2v) is 6.92. The molecule has 144 valence electrons. The molecule has 0 aliphatic carbocycles. The van der Waals surface area contributed by atoms with Crippen LogP contribution < -0.4 is 5.56 Å². The largest absolute Gasteiger partial charge is 0.507 e. The van der Waals surface area contributed by atoms with Crippen LogP contribution in [0.15, 0.2) is 53.3 Å². The highest BCUT2D eigenvalue weighted by atomic mass is 16.5. The van der Waals surface area contributed by atoms with E-state index in [9.17, 15) is 9.90 Å². The van der Waals surface area contributed by atoms with Gasteiger partial charge in [-0.1, -0.05) is 24.3 Å². The van der Waals surface area contributed by atoms with Crippen molar-refractivity contribution in [1.29, 1.82) is 0 Å². The molecule has 0 spiro atoms. The SMILES string of the molecule is CC(C)OCCCn1c(=O)c2ccccc2n2c(-c3ccccc3O)nnc12. The number of hydrogen-bond donors (Lipinski definition) is 1. The van der Waals surface area contributed by atoms with E-state index in [1.807, 2.05) is 42.5 Å². The lowest BCUT2D eigenvalue weighted by Crippen LogP contribution is -2.24. The van der Waals surface area contributed by atoms with E-state index in [2.05, 4.69) is 10.2 Å². The Balaban J connectivity index is 1.91. The van der Waals surface area contributed by atoms with Gasteiger partial charge >= 0.3 is 0 Å². The Labute approximate surface area is 161 Å². The van der Waals surface area contributed by atoms with Crippen molar-refractivity contribution >= 4 is 16.7 Å². The van der Waals surface area contributed by atoms with E-state index in [0.29, 0.717) is 47.6 Å². The summed E-state index contributed by atoms with van der Waals surface area (Å²) in [7, 11) is 0. The third-order valence-corrected chi connectivity index (χ3v) is 4.63. The minimum Gasteiger partial charge on any atom is -0.507 e. The van der Waals surface area contributed by atoms with E-state index < -0.39 is 0 Å². The molecule has 4 rings (SSSR count). The molecule has 0 saturated carbocycles. The van der Waals surface area contributed by atoms with Crippen LogP contribution in [0.5, 0.6) is 5.75 Å². The molecule has 0 radical (unpaired) electrons. The summed E-state index contributed by atoms with van der Waals surface area (Å²) in [6.45, 7) is 5.00. The molecular weight excluding hydrogens is 356 g/mol. The molecule has 0 unspecified atom stereocenters. The second kappa shape index (κ2) is 7.44. The molecular formula is C21H22N4O3. The lowest BCUT2D eigenvalue weighted by Gasteiger charge is -2.12. The summed E-state index contributed by atoms with van der Waals surface area (Å²) >= 11 is 0. The Morgan fingerprint density at radius 1 is 1.07 bits per heavy atom. The number of hydrogen-bond acceptors (Lipinski definition) is 5. The third-order valence-electron chi connectivity index (χ3n) is 4.63. The van der Waals surface area contributed by atoms with Crippen LogP contribution in [-0.4, -0.2) is 37.0 Å². The fourth-order valence-corrected chi connectivity index (χ4v) is 3.34. The van der Waals surface area contributed by atoms with Gasteiger partial charge in [0.15, 0.2) is 5.82 Å². The molecule has 7 heteroatoms. The van der Waals surface area contributed by atoms with Gasteiger partial charge in [0.05, 0.1) is 22.6 Å². The lowest BCUT2D eigenvalue weighted by molar-refractivity contribution is 0.0748. The topological polar surface area (TPSA) is 81.7 Å². The number of benzene rings is 2. The number of nitrogens with zero attached hydrogens (tertiary/aromatic N) is 4. The summed E-state index contributed by atoms with van der Waals surface area (Å²) in [5.41, 5.74) is 1.16. The van der Waals surface area contributed by atoms with E-state index in [0.717, 1.165) is 0 Å². The molecule has 0 amide bonds. The van der Waals surface area contributed by atoms with Crippen molar-refractivity contribution in [3.8, 4) is 17.1 Å². The first-order chi connectivity index (χ1) is 13.6. The number of para-hydroxylation sites is 2. The first-order valence-electron chi connectivity index (χ1n) is 9.34. The number of aryl methyl sites for hydroxylation is 1. The van der Waals surface area contributed by atoms with Gasteiger partial charge in [0.1, 0.15) is 5.75 Å². The monoisotopic (exact) mass is 378 g/mol. The van der Waals surface area contributed by atoms with E-state index in [-0.39, 0.29) is 17.4 Å². The first kappa shape index (κ1) is 18.2. The summed E-state index contributed by atoms with van der Waals surface area (Å²) < 4.78 is 9.06. The molecule has 0 atom stereocenters. The number of phenols is 1. The second-order valence-electron chi connectivity index (χ2n) is 6.92. The zero-order chi connectivity index (χ0) is 19.7. The van der Waals surface area contributed by atoms with Crippen molar-refractivity contribution in [2.45, 2.75) is 32.9 Å². The molecule has 1 N–H and O–H groups in total. The van der Waals surface area contributed by atoms with Crippen molar-refractivity contribution < 1.29 is 9.84 Å². The number of rotatable bonds is 6. The maximum Gasteiger partial charge on any atom is 0.262 e. The molecule has 28 heavy (non-hydrogen) atoms. The van der Waals surface area contributed by atoms with Gasteiger partial charge in [-0.3, -0.25) is 13.8 Å². The highest BCUT2D eigenvalue weighted by Gasteiger charge is 2.18. The number of ether oxygens (including phenoxy) is 1. The summed E-state index contributed by atoms with van der Waals surface area (Å²) in [6, 6.07) is 14.4. The van der Waals surface area contributed by atoms with Gasteiger partial charge < -0.3 is 9.84 Å². The minimum absolute atomic E-state index is 0.108. The maximum atomic E-state index is 13.1. The number of phenolic OH excluding ortho intramolecular Hbond substituents is 1. The fraction of sp³-hybridized carbons (Fsp3) is 0.286. The fourth-order valence-electron chi connectivity index (χ4n) is 3.34. The Bertz CT molecular complexity index is 1190. The zero-order valence-corrected chi connectivity index (χ0v) is 15.9. The summed E-state index contributed by atoms with van der Waals surface area (Å²) in [4.78, 5) is 13.1. The molecule has 0 aliphatic heterocycles. The van der Waals surface area contributed by atoms with Gasteiger partial charge in [-0.25, -0.2) is 0 Å². The number of aromatic nitrogens is 4. The average molecular weight is 378 g/mol. The minimum atomic E-state index is -0.108. The van der Waals surface area contributed by atoms with Gasteiger partial charge in [-0.15, -0.1) is 10.2 Å². The molecule has 4 aromatic rings. The molecule has 2 aromatic heterocycles. The highest BCUT2D eigenvalue weighted by molar-refractivity contribution is 5.83. The van der Waals surface area contributed by atoms with Crippen molar-refractivity contribution in [3.05, 3.63) is 58.9 Å². The van der Waals surface area contributed by atoms with E-state index >= 15 is 0 Å². The van der Waals surface area contributed by atoms with Crippen LogP contribution in [-0.2, 0) is 11.3 Å². The normalized spacial score (nSPS) is 11.7. The summed E-state index contributed by atoms with van der Waals surface area (Å²) in [5, 5.41) is 19.5. The Morgan fingerprint density at radius 2 is 1.82 bits per heavy atom. The molecule has 0 fully saturated rings. The van der Waals surface area contributed by atoms with Gasteiger partial charge in [-0.05, 0) is 44.5 Å². The standard InChI is InChI=1S/C21H22N4O3/c1-14(2)28-13-7-12-24-20(27)15-8-3-5-10-17(15)25-19(22-23-21(24)25)16-9-4-6-11-18(16)26/h3-6,8-11,14,26H,7,12-13H2,1-2H3. The molecule has 2 heterocycles. The van der Waals surface area contributed by atoms with Gasteiger partial charge in [0, 0.05) is 13.2 Å². The molecule has 2 aromatic carbocycles. The van der Waals surface area contributed by atoms with Crippen molar-refractivity contribution in [2.24, 2.45) is 0 Å². The van der Waals surface area contributed by atoms with Crippen molar-refractivity contribution in [1.82, 2.24) is 19.2 Å². The molecule has 0 saturated heterocycles. The molecule has 0 bridgehead atoms. The maximum absolute atomic E-state index is 13.1. The third kappa shape index (κ3) is 3.14. The Hall–Kier alpha value is -3.19. The predicted molar refractivity (Wildman–Crippen MR) is 108 cm³/mol. The van der Waals surface area contributed by atoms with Crippen LogP contribution in [0.3, 0.4) is 0 Å². The van der Waals surface area contributed by atoms with E-state index in [1.54, 1.807) is 28.8 Å². The highest BCUT2D eigenvalue weighted by Crippen LogP contribution is 2.29. The van der Waals surface area contributed by atoms with Crippen LogP contribution in [0.4, 0.5) is 0 Å². The number of aromatic hydroxyl groups is 1. The van der Waals surface area contributed by atoms with E-state index in [4.69, 9.17) is 4.74 Å².